The third-order valence-electron chi connectivity index (χ3n) is 9.24. The standard InChI is InChI=1S/C38H39F5N4O2SSi/c1-36(2,3)51(29-11-6-4-7-12-29,30-13-8-5-9-14-30)48-23-28(49-35-45-19-10-20-46-35)24-50-34-32(26-15-17-37(39,40)18-16-26)31(38(41,42)43)21-27-22-44-25-47-33(27)34/h4-14,19-22,25-26,28H,15-18,23-24H2,1-3H3/t28-/m0/s1/i22D,25D. The topological polar surface area (TPSA) is 70.0 Å². The molecule has 2 aromatic heterocycles. The zero-order valence-electron chi connectivity index (χ0n) is 30.4. The first kappa shape index (κ1) is 34.2. The second-order valence-electron chi connectivity index (χ2n) is 13.7. The van der Waals surface area contributed by atoms with E-state index in [1.807, 2.05) is 60.7 Å². The highest BCUT2D eigenvalue weighted by Gasteiger charge is 2.50. The van der Waals surface area contributed by atoms with E-state index in [0.717, 1.165) is 28.2 Å². The van der Waals surface area contributed by atoms with Crippen LogP contribution >= 0.6 is 11.8 Å². The van der Waals surface area contributed by atoms with Gasteiger partial charge in [-0.05, 0) is 51.9 Å². The summed E-state index contributed by atoms with van der Waals surface area (Å²) in [6.45, 7) is 6.35. The molecule has 0 amide bonds. The lowest BCUT2D eigenvalue weighted by atomic mass is 9.80. The Morgan fingerprint density at radius 3 is 2.10 bits per heavy atom. The lowest BCUT2D eigenvalue weighted by molar-refractivity contribution is -0.138. The highest BCUT2D eigenvalue weighted by molar-refractivity contribution is 7.99. The number of thioether (sulfide) groups is 1. The molecule has 51 heavy (non-hydrogen) atoms. The van der Waals surface area contributed by atoms with Gasteiger partial charge in [-0.3, -0.25) is 0 Å². The first-order chi connectivity index (χ1) is 25.1. The van der Waals surface area contributed by atoms with E-state index in [0.29, 0.717) is 0 Å². The maximum atomic E-state index is 14.9. The molecule has 268 valence electrons. The van der Waals surface area contributed by atoms with Gasteiger partial charge in [0.05, 0.1) is 19.1 Å². The maximum absolute atomic E-state index is 14.9. The molecule has 1 fully saturated rings. The van der Waals surface area contributed by atoms with Gasteiger partial charge in [-0.1, -0.05) is 81.4 Å². The van der Waals surface area contributed by atoms with Crippen LogP contribution in [-0.4, -0.2) is 52.6 Å². The fraction of sp³-hybridized carbons (Fsp3) is 0.368. The molecular formula is C38H39F5N4O2SSi. The van der Waals surface area contributed by atoms with Crippen LogP contribution in [0.3, 0.4) is 0 Å². The molecule has 0 radical (unpaired) electrons. The number of fused-ring (bicyclic) bond motifs is 1. The predicted octanol–water partition coefficient (Wildman–Crippen LogP) is 8.85. The van der Waals surface area contributed by atoms with E-state index in [2.05, 4.69) is 40.7 Å². The number of benzene rings is 3. The number of hydrogen-bond donors (Lipinski definition) is 0. The lowest BCUT2D eigenvalue weighted by Gasteiger charge is -2.43. The number of hydrogen-bond acceptors (Lipinski definition) is 7. The fourth-order valence-corrected chi connectivity index (χ4v) is 12.7. The van der Waals surface area contributed by atoms with Gasteiger partial charge in [-0.25, -0.2) is 28.7 Å². The summed E-state index contributed by atoms with van der Waals surface area (Å²) in [6, 6.07) is 22.4. The van der Waals surface area contributed by atoms with Crippen LogP contribution in [-0.2, 0) is 10.6 Å². The second kappa shape index (κ2) is 15.0. The van der Waals surface area contributed by atoms with Crippen LogP contribution < -0.4 is 15.1 Å². The van der Waals surface area contributed by atoms with Gasteiger partial charge in [-0.2, -0.15) is 13.2 Å². The Kier molecular flexibility index (Phi) is 10.0. The minimum Gasteiger partial charge on any atom is -0.457 e. The van der Waals surface area contributed by atoms with E-state index in [-0.39, 0.29) is 52.6 Å². The minimum atomic E-state index is -4.87. The number of rotatable bonds is 11. The molecule has 2 heterocycles. The molecule has 0 N–H and O–H groups in total. The average Bonchev–Trinajstić information content (AvgIpc) is 3.11. The molecule has 0 bridgehead atoms. The largest absolute Gasteiger partial charge is 0.457 e. The molecule has 1 aliphatic carbocycles. The molecule has 6 nitrogen and oxygen atoms in total. The Labute approximate surface area is 302 Å². The molecule has 13 heteroatoms. The third-order valence-corrected chi connectivity index (χ3v) is 15.5. The number of alkyl halides is 5. The van der Waals surface area contributed by atoms with Crippen LogP contribution in [0.2, 0.25) is 5.04 Å². The van der Waals surface area contributed by atoms with Crippen LogP contribution in [0.1, 0.15) is 66.2 Å². The number of aromatic nitrogens is 4. The Hall–Kier alpha value is -3.94. The molecule has 3 aromatic carbocycles. The predicted molar refractivity (Wildman–Crippen MR) is 191 cm³/mol. The van der Waals surface area contributed by atoms with Gasteiger partial charge >= 0.3 is 12.2 Å². The molecular weight excluding hydrogens is 700 g/mol. The quantitative estimate of drug-likeness (QED) is 0.0762. The van der Waals surface area contributed by atoms with Crippen LogP contribution in [0.15, 0.2) is 103 Å². The molecule has 6 rings (SSSR count). The van der Waals surface area contributed by atoms with Crippen molar-refractivity contribution in [2.45, 2.75) is 80.5 Å². The zero-order chi connectivity index (χ0) is 38.0. The highest BCUT2D eigenvalue weighted by Crippen LogP contribution is 2.50. The van der Waals surface area contributed by atoms with Crippen molar-refractivity contribution in [2.24, 2.45) is 0 Å². The summed E-state index contributed by atoms with van der Waals surface area (Å²) >= 11 is 1.01. The van der Waals surface area contributed by atoms with Crippen molar-refractivity contribution < 1.29 is 33.9 Å². The Morgan fingerprint density at radius 1 is 0.922 bits per heavy atom. The second-order valence-corrected chi connectivity index (χ2v) is 19.0. The van der Waals surface area contributed by atoms with Gasteiger partial charge in [-0.15, -0.1) is 11.8 Å². The summed E-state index contributed by atoms with van der Waals surface area (Å²) in [6.07, 6.45) is -5.21. The molecule has 1 aliphatic rings. The van der Waals surface area contributed by atoms with E-state index < -0.39 is 68.4 Å². The molecule has 0 spiro atoms. The maximum Gasteiger partial charge on any atom is 0.416 e. The van der Waals surface area contributed by atoms with E-state index in [4.69, 9.17) is 11.9 Å². The first-order valence-electron chi connectivity index (χ1n) is 17.7. The average molecular weight is 741 g/mol. The molecule has 1 atom stereocenters. The van der Waals surface area contributed by atoms with Crippen molar-refractivity contribution in [2.75, 3.05) is 12.4 Å². The van der Waals surface area contributed by atoms with Gasteiger partial charge < -0.3 is 9.16 Å². The molecule has 1 saturated carbocycles. The lowest BCUT2D eigenvalue weighted by Crippen LogP contribution is -2.67. The van der Waals surface area contributed by atoms with Gasteiger partial charge in [0.2, 0.25) is 5.92 Å². The molecule has 5 aromatic rings. The van der Waals surface area contributed by atoms with Crippen LogP contribution in [0.5, 0.6) is 6.01 Å². The minimum absolute atomic E-state index is 0.00736. The number of nitrogens with zero attached hydrogens (tertiary/aromatic N) is 4. The van der Waals surface area contributed by atoms with Gasteiger partial charge in [0.25, 0.3) is 8.32 Å². The number of halogens is 5. The van der Waals surface area contributed by atoms with Crippen molar-refractivity contribution >= 4 is 41.4 Å². The monoisotopic (exact) mass is 740 g/mol. The molecule has 0 unspecified atom stereocenters. The Balaban J connectivity index is 1.45. The smallest absolute Gasteiger partial charge is 0.416 e. The van der Waals surface area contributed by atoms with Crippen LogP contribution in [0.25, 0.3) is 10.9 Å². The fourth-order valence-electron chi connectivity index (χ4n) is 6.90. The summed E-state index contributed by atoms with van der Waals surface area (Å²) < 4.78 is 103. The van der Waals surface area contributed by atoms with Crippen molar-refractivity contribution in [1.29, 1.82) is 0 Å². The Bertz CT molecular complexity index is 1980. The van der Waals surface area contributed by atoms with Crippen molar-refractivity contribution in [3.63, 3.8) is 0 Å². The normalized spacial score (nSPS) is 16.8. The van der Waals surface area contributed by atoms with Crippen LogP contribution in [0.4, 0.5) is 22.0 Å². The highest BCUT2D eigenvalue weighted by atomic mass is 32.2. The summed E-state index contributed by atoms with van der Waals surface area (Å²) in [4.78, 5) is 16.4. The van der Waals surface area contributed by atoms with Crippen LogP contribution in [0, 0.1) is 0 Å². The molecule has 0 saturated heterocycles. The van der Waals surface area contributed by atoms with E-state index in [9.17, 15) is 22.0 Å². The van der Waals surface area contributed by atoms with Crippen molar-refractivity contribution in [3.05, 3.63) is 109 Å². The van der Waals surface area contributed by atoms with Gasteiger partial charge in [0, 0.05) is 47.4 Å². The SMILES string of the molecule is [2H]c1nc([2H])c2cc(C(F)(F)F)c(C3CCC(F)(F)CC3)c(SC[C@H](CO[Si](c3ccccc3)(c3ccccc3)C(C)(C)C)Oc3ncccn3)c2n1. The summed E-state index contributed by atoms with van der Waals surface area (Å²) in [5.74, 6) is -3.83. The Morgan fingerprint density at radius 2 is 1.53 bits per heavy atom. The summed E-state index contributed by atoms with van der Waals surface area (Å²) in [5.41, 5.74) is -1.20. The van der Waals surface area contributed by atoms with Crippen molar-refractivity contribution in [3.8, 4) is 6.01 Å². The van der Waals surface area contributed by atoms with E-state index >= 15 is 0 Å². The van der Waals surface area contributed by atoms with Gasteiger partial charge in [0.1, 0.15) is 13.8 Å². The van der Waals surface area contributed by atoms with Gasteiger partial charge in [0.15, 0.2) is 0 Å². The third kappa shape index (κ3) is 8.10. The first-order valence-corrected chi connectivity index (χ1v) is 19.6. The summed E-state index contributed by atoms with van der Waals surface area (Å²) in [7, 11) is -3.10. The van der Waals surface area contributed by atoms with E-state index in [1.165, 1.54) is 12.4 Å². The number of ether oxygens (including phenoxy) is 1. The summed E-state index contributed by atoms with van der Waals surface area (Å²) in [5, 5.41) is 1.46. The molecule has 0 aliphatic heterocycles. The zero-order valence-corrected chi connectivity index (χ0v) is 30.2. The van der Waals surface area contributed by atoms with Crippen molar-refractivity contribution in [1.82, 2.24) is 19.9 Å². The van der Waals surface area contributed by atoms with E-state index in [1.54, 1.807) is 6.07 Å².